The Hall–Kier alpha value is -1.36. The molecule has 1 aliphatic rings. The van der Waals surface area contributed by atoms with Gasteiger partial charge in [-0.25, -0.2) is 4.98 Å². The predicted molar refractivity (Wildman–Crippen MR) is 65.9 cm³/mol. The normalized spacial score (nSPS) is 18.2. The third-order valence-electron chi connectivity index (χ3n) is 2.92. The summed E-state index contributed by atoms with van der Waals surface area (Å²) in [7, 11) is 4.03. The number of hydrogen-bond acceptors (Lipinski definition) is 5. The van der Waals surface area contributed by atoms with Gasteiger partial charge in [-0.15, -0.1) is 0 Å². The first kappa shape index (κ1) is 11.1. The van der Waals surface area contributed by atoms with Crippen LogP contribution < -0.4 is 10.2 Å². The van der Waals surface area contributed by atoms with Gasteiger partial charge in [0.2, 0.25) is 0 Å². The second-order valence-electron chi connectivity index (χ2n) is 4.16. The van der Waals surface area contributed by atoms with Crippen LogP contribution in [0.4, 0.5) is 11.6 Å². The van der Waals surface area contributed by atoms with Crippen LogP contribution in [0, 0.1) is 0 Å². The van der Waals surface area contributed by atoms with Crippen LogP contribution in [0.2, 0.25) is 0 Å². The fourth-order valence-electron chi connectivity index (χ4n) is 1.90. The van der Waals surface area contributed by atoms with Gasteiger partial charge in [0.15, 0.2) is 0 Å². The molecule has 1 N–H and O–H groups in total. The molecular weight excluding hydrogens is 202 g/mol. The van der Waals surface area contributed by atoms with Gasteiger partial charge in [0.1, 0.15) is 11.6 Å². The maximum absolute atomic E-state index is 4.52. The smallest absolute Gasteiger partial charge is 0.149 e. The topological polar surface area (TPSA) is 44.3 Å². The number of rotatable bonds is 2. The van der Waals surface area contributed by atoms with Crippen LogP contribution >= 0.6 is 0 Å². The van der Waals surface area contributed by atoms with E-state index in [4.69, 9.17) is 0 Å². The van der Waals surface area contributed by atoms with Crippen LogP contribution in [-0.4, -0.2) is 55.1 Å². The lowest BCUT2D eigenvalue weighted by Crippen LogP contribution is -2.29. The Morgan fingerprint density at radius 2 is 2.06 bits per heavy atom. The molecule has 2 heterocycles. The zero-order chi connectivity index (χ0) is 11.4. The number of anilines is 2. The van der Waals surface area contributed by atoms with Gasteiger partial charge in [-0.3, -0.25) is 4.98 Å². The summed E-state index contributed by atoms with van der Waals surface area (Å²) < 4.78 is 0. The molecule has 1 aromatic rings. The van der Waals surface area contributed by atoms with Gasteiger partial charge < -0.3 is 15.1 Å². The molecule has 1 aromatic heterocycles. The van der Waals surface area contributed by atoms with E-state index < -0.39 is 0 Å². The molecule has 1 aliphatic heterocycles. The van der Waals surface area contributed by atoms with Crippen molar-refractivity contribution < 1.29 is 0 Å². The summed E-state index contributed by atoms with van der Waals surface area (Å²) in [6.45, 7) is 4.34. The van der Waals surface area contributed by atoms with Gasteiger partial charge in [-0.05, 0) is 20.0 Å². The summed E-state index contributed by atoms with van der Waals surface area (Å²) in [6, 6.07) is 0. The summed E-state index contributed by atoms with van der Waals surface area (Å²) in [5, 5.41) is 3.02. The maximum atomic E-state index is 4.52. The molecule has 16 heavy (non-hydrogen) atoms. The fourth-order valence-corrected chi connectivity index (χ4v) is 1.90. The largest absolute Gasteiger partial charge is 0.372 e. The maximum Gasteiger partial charge on any atom is 0.149 e. The molecule has 0 aliphatic carbocycles. The molecule has 88 valence electrons. The lowest BCUT2D eigenvalue weighted by Gasteiger charge is -2.21. The molecule has 2 rings (SSSR count). The van der Waals surface area contributed by atoms with E-state index in [1.54, 1.807) is 6.20 Å². The Bertz CT molecular complexity index is 341. The molecule has 1 saturated heterocycles. The summed E-state index contributed by atoms with van der Waals surface area (Å²) in [5.74, 6) is 1.80. The number of likely N-dealkylation sites (N-methyl/N-ethyl adjacent to an activating group) is 1. The van der Waals surface area contributed by atoms with E-state index in [9.17, 15) is 0 Å². The number of aromatic nitrogens is 2. The van der Waals surface area contributed by atoms with Crippen molar-refractivity contribution in [3.05, 3.63) is 12.4 Å². The van der Waals surface area contributed by atoms with E-state index in [1.165, 1.54) is 6.42 Å². The molecule has 0 atom stereocenters. The highest BCUT2D eigenvalue weighted by atomic mass is 15.2. The van der Waals surface area contributed by atoms with Crippen molar-refractivity contribution in [2.24, 2.45) is 0 Å². The summed E-state index contributed by atoms with van der Waals surface area (Å²) >= 11 is 0. The minimum absolute atomic E-state index is 0.829. The van der Waals surface area contributed by atoms with E-state index in [0.717, 1.165) is 37.8 Å². The van der Waals surface area contributed by atoms with E-state index in [2.05, 4.69) is 32.1 Å². The Kier molecular flexibility index (Phi) is 3.56. The fraction of sp³-hybridized carbons (Fsp3) is 0.636. The molecule has 5 nitrogen and oxygen atoms in total. The zero-order valence-corrected chi connectivity index (χ0v) is 9.98. The van der Waals surface area contributed by atoms with E-state index >= 15 is 0 Å². The highest BCUT2D eigenvalue weighted by molar-refractivity contribution is 5.43. The summed E-state index contributed by atoms with van der Waals surface area (Å²) in [5.41, 5.74) is 0. The summed E-state index contributed by atoms with van der Waals surface area (Å²) in [4.78, 5) is 13.4. The minimum atomic E-state index is 0.829. The van der Waals surface area contributed by atoms with Crippen LogP contribution in [0.3, 0.4) is 0 Å². The van der Waals surface area contributed by atoms with Gasteiger partial charge in [0, 0.05) is 26.7 Å². The van der Waals surface area contributed by atoms with E-state index in [-0.39, 0.29) is 0 Å². The van der Waals surface area contributed by atoms with Gasteiger partial charge in [-0.2, -0.15) is 0 Å². The van der Waals surface area contributed by atoms with Crippen molar-refractivity contribution in [1.29, 1.82) is 0 Å². The van der Waals surface area contributed by atoms with Crippen LogP contribution in [0.25, 0.3) is 0 Å². The van der Waals surface area contributed by atoms with Crippen molar-refractivity contribution >= 4 is 11.6 Å². The first-order valence-corrected chi connectivity index (χ1v) is 5.73. The van der Waals surface area contributed by atoms with Crippen molar-refractivity contribution in [2.45, 2.75) is 6.42 Å². The lowest BCUT2D eigenvalue weighted by molar-refractivity contribution is 0.360. The predicted octanol–water partition coefficient (Wildman–Crippen LogP) is 0.660. The average Bonchev–Trinajstić information content (AvgIpc) is 2.54. The van der Waals surface area contributed by atoms with Gasteiger partial charge >= 0.3 is 0 Å². The molecule has 0 saturated carbocycles. The minimum Gasteiger partial charge on any atom is -0.372 e. The van der Waals surface area contributed by atoms with E-state index in [0.29, 0.717) is 0 Å². The molecule has 0 aromatic carbocycles. The Morgan fingerprint density at radius 3 is 2.88 bits per heavy atom. The zero-order valence-electron chi connectivity index (χ0n) is 9.98. The van der Waals surface area contributed by atoms with E-state index in [1.807, 2.05) is 13.2 Å². The van der Waals surface area contributed by atoms with Crippen LogP contribution in [0.15, 0.2) is 12.4 Å². The Balaban J connectivity index is 2.10. The highest BCUT2D eigenvalue weighted by Crippen LogP contribution is 2.14. The first-order chi connectivity index (χ1) is 7.79. The SMILES string of the molecule is CNc1cncc(N2CCCN(C)CC2)n1. The van der Waals surface area contributed by atoms with Crippen molar-refractivity contribution in [2.75, 3.05) is 50.5 Å². The lowest BCUT2D eigenvalue weighted by atomic mass is 10.4. The van der Waals surface area contributed by atoms with Crippen molar-refractivity contribution in [3.63, 3.8) is 0 Å². The monoisotopic (exact) mass is 221 g/mol. The van der Waals surface area contributed by atoms with Crippen LogP contribution in [0.5, 0.6) is 0 Å². The summed E-state index contributed by atoms with van der Waals surface area (Å²) in [6.07, 6.45) is 4.77. The van der Waals surface area contributed by atoms with Crippen LogP contribution in [0.1, 0.15) is 6.42 Å². The van der Waals surface area contributed by atoms with Gasteiger partial charge in [0.05, 0.1) is 12.4 Å². The quantitative estimate of drug-likeness (QED) is 0.795. The molecular formula is C11H19N5. The Morgan fingerprint density at radius 1 is 1.19 bits per heavy atom. The Labute approximate surface area is 96.5 Å². The van der Waals surface area contributed by atoms with Crippen molar-refractivity contribution in [3.8, 4) is 0 Å². The van der Waals surface area contributed by atoms with Crippen LogP contribution in [-0.2, 0) is 0 Å². The van der Waals surface area contributed by atoms with Gasteiger partial charge in [0.25, 0.3) is 0 Å². The average molecular weight is 221 g/mol. The highest BCUT2D eigenvalue weighted by Gasteiger charge is 2.13. The molecule has 5 heteroatoms. The first-order valence-electron chi connectivity index (χ1n) is 5.73. The number of hydrogen-bond donors (Lipinski definition) is 1. The number of nitrogens with zero attached hydrogens (tertiary/aromatic N) is 4. The molecule has 0 unspecified atom stereocenters. The molecule has 0 bridgehead atoms. The third kappa shape index (κ3) is 2.61. The molecule has 0 amide bonds. The second-order valence-corrected chi connectivity index (χ2v) is 4.16. The third-order valence-corrected chi connectivity index (χ3v) is 2.92. The van der Waals surface area contributed by atoms with Gasteiger partial charge in [-0.1, -0.05) is 0 Å². The standard InChI is InChI=1S/C11H19N5/c1-12-10-8-13-9-11(14-10)16-5-3-4-15(2)6-7-16/h8-9H,3-7H2,1-2H3,(H,12,14). The second kappa shape index (κ2) is 5.12. The molecule has 0 spiro atoms. The molecule has 1 fully saturated rings. The number of nitrogens with one attached hydrogen (secondary N) is 1. The molecule has 0 radical (unpaired) electrons. The van der Waals surface area contributed by atoms with Crippen molar-refractivity contribution in [1.82, 2.24) is 14.9 Å².